The Bertz CT molecular complexity index is 379. The average Bonchev–Trinajstić information content (AvgIpc) is 2.29. The summed E-state index contributed by atoms with van der Waals surface area (Å²) in [7, 11) is 3.22. The van der Waals surface area contributed by atoms with Gasteiger partial charge >= 0.3 is 0 Å². The second-order valence-corrected chi connectivity index (χ2v) is 5.11. The minimum atomic E-state index is -0.581. The van der Waals surface area contributed by atoms with Gasteiger partial charge in [0.1, 0.15) is 5.75 Å². The van der Waals surface area contributed by atoms with E-state index in [-0.39, 0.29) is 12.0 Å². The molecule has 1 N–H and O–H groups in total. The van der Waals surface area contributed by atoms with Gasteiger partial charge in [0.15, 0.2) is 0 Å². The molecule has 0 aliphatic rings. The Balaban J connectivity index is 2.86. The first-order valence-electron chi connectivity index (χ1n) is 6.02. The molecule has 0 spiro atoms. The summed E-state index contributed by atoms with van der Waals surface area (Å²) in [6.45, 7) is 4.04. The maximum Gasteiger partial charge on any atom is 0.122 e. The summed E-state index contributed by atoms with van der Waals surface area (Å²) in [4.78, 5) is 0. The average molecular weight is 273 g/mol. The zero-order valence-electron chi connectivity index (χ0n) is 11.3. The molecule has 0 amide bonds. The molecule has 3 nitrogen and oxygen atoms in total. The highest BCUT2D eigenvalue weighted by atomic mass is 35.5. The van der Waals surface area contributed by atoms with Gasteiger partial charge in [-0.2, -0.15) is 0 Å². The highest BCUT2D eigenvalue weighted by Crippen LogP contribution is 2.25. The molecule has 18 heavy (non-hydrogen) atoms. The zero-order valence-corrected chi connectivity index (χ0v) is 12.1. The number of aliphatic hydroxyl groups is 1. The van der Waals surface area contributed by atoms with E-state index in [4.69, 9.17) is 21.1 Å². The van der Waals surface area contributed by atoms with Crippen LogP contribution in [0.1, 0.15) is 19.4 Å². The normalized spacial score (nSPS) is 14.6. The summed E-state index contributed by atoms with van der Waals surface area (Å²) in [6.07, 6.45) is -0.323. The third kappa shape index (κ3) is 3.87. The Kier molecular flexibility index (Phi) is 5.93. The lowest BCUT2D eigenvalue weighted by Gasteiger charge is -2.25. The van der Waals surface area contributed by atoms with Crippen molar-refractivity contribution in [1.82, 2.24) is 0 Å². The van der Waals surface area contributed by atoms with Gasteiger partial charge in [-0.1, -0.05) is 25.4 Å². The fourth-order valence-electron chi connectivity index (χ4n) is 2.12. The molecule has 0 aliphatic heterocycles. The van der Waals surface area contributed by atoms with Crippen molar-refractivity contribution in [2.45, 2.75) is 32.5 Å². The first kappa shape index (κ1) is 15.3. The molecule has 0 bridgehead atoms. The van der Waals surface area contributed by atoms with Gasteiger partial charge < -0.3 is 14.6 Å². The number of halogens is 1. The molecule has 0 fully saturated rings. The first-order valence-corrected chi connectivity index (χ1v) is 6.40. The van der Waals surface area contributed by atoms with Crippen molar-refractivity contribution in [2.24, 2.45) is 5.92 Å². The van der Waals surface area contributed by atoms with Crippen LogP contribution < -0.4 is 4.74 Å². The van der Waals surface area contributed by atoms with Gasteiger partial charge in [-0.15, -0.1) is 0 Å². The van der Waals surface area contributed by atoms with E-state index in [1.807, 2.05) is 26.0 Å². The summed E-state index contributed by atoms with van der Waals surface area (Å²) in [6, 6.07) is 5.39. The van der Waals surface area contributed by atoms with Crippen molar-refractivity contribution < 1.29 is 14.6 Å². The number of benzene rings is 1. The van der Waals surface area contributed by atoms with Crippen LogP contribution in [0.4, 0.5) is 0 Å². The number of ether oxygens (including phenoxy) is 2. The number of hydrogen-bond donors (Lipinski definition) is 1. The molecule has 1 aromatic carbocycles. The molecular weight excluding hydrogens is 252 g/mol. The van der Waals surface area contributed by atoms with Crippen LogP contribution in [0, 0.1) is 5.92 Å². The summed E-state index contributed by atoms with van der Waals surface area (Å²) in [5, 5.41) is 10.9. The van der Waals surface area contributed by atoms with E-state index in [1.54, 1.807) is 20.3 Å². The summed E-state index contributed by atoms with van der Waals surface area (Å²) in [5.41, 5.74) is 0.889. The van der Waals surface area contributed by atoms with E-state index in [0.717, 1.165) is 11.3 Å². The molecule has 0 aliphatic carbocycles. The first-order chi connectivity index (χ1) is 8.49. The molecule has 0 saturated heterocycles. The van der Waals surface area contributed by atoms with Gasteiger partial charge in [0.05, 0.1) is 19.3 Å². The Morgan fingerprint density at radius 2 is 1.94 bits per heavy atom. The van der Waals surface area contributed by atoms with Crippen molar-refractivity contribution in [3.8, 4) is 5.75 Å². The highest BCUT2D eigenvalue weighted by Gasteiger charge is 2.23. The number of rotatable bonds is 6. The quantitative estimate of drug-likeness (QED) is 0.865. The fraction of sp³-hybridized carbons (Fsp3) is 0.571. The molecule has 0 aromatic heterocycles. The lowest BCUT2D eigenvalue weighted by Crippen LogP contribution is -2.34. The van der Waals surface area contributed by atoms with Gasteiger partial charge in [-0.05, 0) is 29.7 Å². The maximum atomic E-state index is 10.2. The van der Waals surface area contributed by atoms with E-state index >= 15 is 0 Å². The molecule has 1 aromatic rings. The Hall–Kier alpha value is -0.770. The second kappa shape index (κ2) is 6.98. The molecule has 4 heteroatoms. The molecule has 102 valence electrons. The molecule has 1 rings (SSSR count). The van der Waals surface area contributed by atoms with Gasteiger partial charge in [-0.3, -0.25) is 0 Å². The van der Waals surface area contributed by atoms with Crippen LogP contribution in [0.5, 0.6) is 5.75 Å². The SMILES string of the molecule is COc1ccc(Cl)cc1CC(O)C(OC)C(C)C. The zero-order chi connectivity index (χ0) is 13.7. The van der Waals surface area contributed by atoms with Gasteiger partial charge in [0.25, 0.3) is 0 Å². The summed E-state index contributed by atoms with van der Waals surface area (Å²) < 4.78 is 10.6. The van der Waals surface area contributed by atoms with Crippen LogP contribution in [-0.2, 0) is 11.2 Å². The minimum Gasteiger partial charge on any atom is -0.496 e. The van der Waals surface area contributed by atoms with Crippen molar-refractivity contribution in [3.63, 3.8) is 0 Å². The smallest absolute Gasteiger partial charge is 0.122 e. The van der Waals surface area contributed by atoms with Crippen molar-refractivity contribution in [2.75, 3.05) is 14.2 Å². The third-order valence-electron chi connectivity index (χ3n) is 2.98. The van der Waals surface area contributed by atoms with Crippen LogP contribution >= 0.6 is 11.6 Å². The van der Waals surface area contributed by atoms with E-state index in [2.05, 4.69) is 0 Å². The van der Waals surface area contributed by atoms with Crippen LogP contribution in [0.25, 0.3) is 0 Å². The predicted octanol–water partition coefficient (Wildman–Crippen LogP) is 2.92. The van der Waals surface area contributed by atoms with Crippen LogP contribution in [0.3, 0.4) is 0 Å². The van der Waals surface area contributed by atoms with E-state index < -0.39 is 6.10 Å². The van der Waals surface area contributed by atoms with Crippen molar-refractivity contribution >= 4 is 11.6 Å². The molecule has 0 saturated carbocycles. The van der Waals surface area contributed by atoms with Gasteiger partial charge in [-0.25, -0.2) is 0 Å². The minimum absolute atomic E-state index is 0.200. The lowest BCUT2D eigenvalue weighted by atomic mass is 9.96. The molecule has 0 heterocycles. The lowest BCUT2D eigenvalue weighted by molar-refractivity contribution is -0.0369. The number of aliphatic hydroxyl groups excluding tert-OH is 1. The number of hydrogen-bond acceptors (Lipinski definition) is 3. The molecular formula is C14H21ClO3. The predicted molar refractivity (Wildman–Crippen MR) is 73.3 cm³/mol. The summed E-state index contributed by atoms with van der Waals surface area (Å²) >= 11 is 5.96. The van der Waals surface area contributed by atoms with Crippen LogP contribution in [0.2, 0.25) is 5.02 Å². The number of methoxy groups -OCH3 is 2. The largest absolute Gasteiger partial charge is 0.496 e. The Morgan fingerprint density at radius 3 is 2.44 bits per heavy atom. The highest BCUT2D eigenvalue weighted by molar-refractivity contribution is 6.30. The standard InChI is InChI=1S/C14H21ClO3/c1-9(2)14(18-4)12(16)8-10-7-11(15)5-6-13(10)17-3/h5-7,9,12,14,16H,8H2,1-4H3. The fourth-order valence-corrected chi connectivity index (χ4v) is 2.32. The van der Waals surface area contributed by atoms with E-state index in [9.17, 15) is 5.11 Å². The maximum absolute atomic E-state index is 10.2. The van der Waals surface area contributed by atoms with Crippen molar-refractivity contribution in [1.29, 1.82) is 0 Å². The van der Waals surface area contributed by atoms with E-state index in [0.29, 0.717) is 11.4 Å². The molecule has 2 unspecified atom stereocenters. The topological polar surface area (TPSA) is 38.7 Å². The van der Waals surface area contributed by atoms with Crippen LogP contribution in [-0.4, -0.2) is 31.5 Å². The van der Waals surface area contributed by atoms with Crippen LogP contribution in [0.15, 0.2) is 18.2 Å². The summed E-state index contributed by atoms with van der Waals surface area (Å²) in [5.74, 6) is 0.979. The molecule has 0 radical (unpaired) electrons. The Labute approximate surface area is 114 Å². The third-order valence-corrected chi connectivity index (χ3v) is 3.22. The van der Waals surface area contributed by atoms with Crippen molar-refractivity contribution in [3.05, 3.63) is 28.8 Å². The van der Waals surface area contributed by atoms with Gasteiger partial charge in [0, 0.05) is 18.6 Å². The molecule has 2 atom stereocenters. The second-order valence-electron chi connectivity index (χ2n) is 4.67. The van der Waals surface area contributed by atoms with Gasteiger partial charge in [0.2, 0.25) is 0 Å². The monoisotopic (exact) mass is 272 g/mol. The van der Waals surface area contributed by atoms with E-state index in [1.165, 1.54) is 0 Å². The Morgan fingerprint density at radius 1 is 1.28 bits per heavy atom.